The Labute approximate surface area is 68.6 Å². The first kappa shape index (κ1) is 8.57. The Balaban J connectivity index is 2.30. The average Bonchev–Trinajstić information content (AvgIpc) is 2.31. The minimum Gasteiger partial charge on any atom is -0.343 e. The van der Waals surface area contributed by atoms with Gasteiger partial charge < -0.3 is 4.90 Å². The van der Waals surface area contributed by atoms with Crippen LogP contribution in [-0.4, -0.2) is 23.9 Å². The first-order valence-corrected chi connectivity index (χ1v) is 4.51. The van der Waals surface area contributed by atoms with Crippen LogP contribution in [0.4, 0.5) is 0 Å². The van der Waals surface area contributed by atoms with Crippen LogP contribution in [0.2, 0.25) is 0 Å². The maximum Gasteiger partial charge on any atom is 0.222 e. The fraction of sp³-hybridized carbons (Fsp3) is 0.889. The van der Waals surface area contributed by atoms with E-state index in [0.29, 0.717) is 11.9 Å². The summed E-state index contributed by atoms with van der Waals surface area (Å²) in [4.78, 5) is 13.0. The van der Waals surface area contributed by atoms with E-state index in [1.807, 2.05) is 11.9 Å². The molecule has 1 aliphatic heterocycles. The van der Waals surface area contributed by atoms with E-state index in [1.54, 1.807) is 0 Å². The predicted octanol–water partition coefficient (Wildman–Crippen LogP) is 1.80. The molecule has 11 heavy (non-hydrogen) atoms. The molecular weight excluding hydrogens is 138 g/mol. The number of rotatable bonds is 3. The lowest BCUT2D eigenvalue weighted by Gasteiger charge is -2.18. The lowest BCUT2D eigenvalue weighted by atomic mass is 10.1. The molecule has 0 saturated carbocycles. The van der Waals surface area contributed by atoms with Gasteiger partial charge in [-0.15, -0.1) is 0 Å². The van der Waals surface area contributed by atoms with Gasteiger partial charge in [-0.25, -0.2) is 0 Å². The molecule has 1 amide bonds. The Bertz CT molecular complexity index is 144. The number of likely N-dealkylation sites (tertiary alicyclic amines) is 1. The molecule has 1 unspecified atom stereocenters. The topological polar surface area (TPSA) is 20.3 Å². The molecule has 2 heteroatoms. The summed E-state index contributed by atoms with van der Waals surface area (Å²) in [5, 5.41) is 0. The van der Waals surface area contributed by atoms with E-state index >= 15 is 0 Å². The van der Waals surface area contributed by atoms with E-state index in [-0.39, 0.29) is 0 Å². The highest BCUT2D eigenvalue weighted by Crippen LogP contribution is 2.20. The maximum absolute atomic E-state index is 11.1. The van der Waals surface area contributed by atoms with Gasteiger partial charge in [-0.2, -0.15) is 0 Å². The summed E-state index contributed by atoms with van der Waals surface area (Å²) in [6.07, 6.45) is 5.53. The fourth-order valence-corrected chi connectivity index (χ4v) is 1.64. The second-order valence-corrected chi connectivity index (χ2v) is 3.34. The van der Waals surface area contributed by atoms with E-state index in [0.717, 1.165) is 12.8 Å². The van der Waals surface area contributed by atoms with Gasteiger partial charge in [0.15, 0.2) is 0 Å². The van der Waals surface area contributed by atoms with Gasteiger partial charge in [-0.3, -0.25) is 4.79 Å². The first-order chi connectivity index (χ1) is 5.25. The van der Waals surface area contributed by atoms with Crippen LogP contribution in [0.5, 0.6) is 0 Å². The van der Waals surface area contributed by atoms with E-state index in [9.17, 15) is 4.79 Å². The number of hydrogen-bond acceptors (Lipinski definition) is 1. The summed E-state index contributed by atoms with van der Waals surface area (Å²) in [5.41, 5.74) is 0. The predicted molar refractivity (Wildman–Crippen MR) is 45.3 cm³/mol. The zero-order valence-corrected chi connectivity index (χ0v) is 7.47. The summed E-state index contributed by atoms with van der Waals surface area (Å²) >= 11 is 0. The van der Waals surface area contributed by atoms with Gasteiger partial charge in [0.05, 0.1) is 0 Å². The zero-order valence-electron chi connectivity index (χ0n) is 7.47. The minimum absolute atomic E-state index is 0.325. The summed E-state index contributed by atoms with van der Waals surface area (Å²) in [5.74, 6) is 0.325. The van der Waals surface area contributed by atoms with Gasteiger partial charge >= 0.3 is 0 Å². The molecule has 0 spiro atoms. The third-order valence-corrected chi connectivity index (χ3v) is 2.52. The molecular formula is C9H17NO. The van der Waals surface area contributed by atoms with E-state index in [4.69, 9.17) is 0 Å². The van der Waals surface area contributed by atoms with Gasteiger partial charge in [0.25, 0.3) is 0 Å². The highest BCUT2D eigenvalue weighted by molar-refractivity contribution is 5.78. The van der Waals surface area contributed by atoms with Crippen molar-refractivity contribution in [3.8, 4) is 0 Å². The second kappa shape index (κ2) is 3.74. The minimum atomic E-state index is 0.325. The second-order valence-electron chi connectivity index (χ2n) is 3.34. The zero-order chi connectivity index (χ0) is 8.27. The van der Waals surface area contributed by atoms with Crippen molar-refractivity contribution < 1.29 is 4.79 Å². The summed E-state index contributed by atoms with van der Waals surface area (Å²) < 4.78 is 0. The first-order valence-electron chi connectivity index (χ1n) is 4.51. The molecule has 1 rings (SSSR count). The molecule has 1 aliphatic rings. The van der Waals surface area contributed by atoms with Crippen molar-refractivity contribution in [1.82, 2.24) is 4.90 Å². The normalized spacial score (nSPS) is 24.7. The van der Waals surface area contributed by atoms with Crippen molar-refractivity contribution in [2.24, 2.45) is 0 Å². The molecule has 1 atom stereocenters. The highest BCUT2D eigenvalue weighted by atomic mass is 16.2. The van der Waals surface area contributed by atoms with Gasteiger partial charge in [0, 0.05) is 19.5 Å². The maximum atomic E-state index is 11.1. The molecule has 0 radical (unpaired) electrons. The Morgan fingerprint density at radius 3 is 2.82 bits per heavy atom. The molecule has 1 saturated heterocycles. The number of unbranched alkanes of at least 4 members (excludes halogenated alkanes) is 1. The quantitative estimate of drug-likeness (QED) is 0.608. The van der Waals surface area contributed by atoms with E-state index in [2.05, 4.69) is 6.92 Å². The molecule has 0 aromatic rings. The third kappa shape index (κ3) is 1.95. The monoisotopic (exact) mass is 155 g/mol. The smallest absolute Gasteiger partial charge is 0.222 e. The average molecular weight is 155 g/mol. The fourth-order valence-electron chi connectivity index (χ4n) is 1.64. The largest absolute Gasteiger partial charge is 0.343 e. The van der Waals surface area contributed by atoms with Crippen molar-refractivity contribution in [1.29, 1.82) is 0 Å². The molecule has 0 aromatic carbocycles. The molecule has 0 aromatic heterocycles. The van der Waals surface area contributed by atoms with Crippen molar-refractivity contribution in [3.05, 3.63) is 0 Å². The Hall–Kier alpha value is -0.530. The van der Waals surface area contributed by atoms with Crippen LogP contribution in [-0.2, 0) is 4.79 Å². The van der Waals surface area contributed by atoms with Crippen LogP contribution in [0.15, 0.2) is 0 Å². The van der Waals surface area contributed by atoms with Crippen LogP contribution in [0, 0.1) is 0 Å². The summed E-state index contributed by atoms with van der Waals surface area (Å²) in [6.45, 7) is 2.19. The van der Waals surface area contributed by atoms with Crippen molar-refractivity contribution >= 4 is 5.91 Å². The van der Waals surface area contributed by atoms with Gasteiger partial charge in [0.1, 0.15) is 0 Å². The van der Waals surface area contributed by atoms with Crippen molar-refractivity contribution in [2.75, 3.05) is 7.05 Å². The summed E-state index contributed by atoms with van der Waals surface area (Å²) in [7, 11) is 1.93. The van der Waals surface area contributed by atoms with Crippen molar-refractivity contribution in [2.45, 2.75) is 45.1 Å². The number of nitrogens with zero attached hydrogens (tertiary/aromatic N) is 1. The number of carbonyl (C=O) groups excluding carboxylic acids is 1. The van der Waals surface area contributed by atoms with Crippen LogP contribution in [0.1, 0.15) is 39.0 Å². The molecule has 2 nitrogen and oxygen atoms in total. The Kier molecular flexibility index (Phi) is 2.92. The molecule has 1 fully saturated rings. The standard InChI is InChI=1S/C9H17NO/c1-3-4-5-8-6-7-9(11)10(8)2/h8H,3-7H2,1-2H3. The van der Waals surface area contributed by atoms with Gasteiger partial charge in [-0.05, 0) is 12.8 Å². The number of hydrogen-bond donors (Lipinski definition) is 0. The van der Waals surface area contributed by atoms with Gasteiger partial charge in [0.2, 0.25) is 5.91 Å². The third-order valence-electron chi connectivity index (χ3n) is 2.52. The van der Waals surface area contributed by atoms with E-state index < -0.39 is 0 Å². The highest BCUT2D eigenvalue weighted by Gasteiger charge is 2.26. The molecule has 0 aliphatic carbocycles. The van der Waals surface area contributed by atoms with Crippen molar-refractivity contribution in [3.63, 3.8) is 0 Å². The Morgan fingerprint density at radius 1 is 1.64 bits per heavy atom. The molecule has 0 N–H and O–H groups in total. The van der Waals surface area contributed by atoms with Crippen LogP contribution < -0.4 is 0 Å². The summed E-state index contributed by atoms with van der Waals surface area (Å²) in [6, 6.07) is 0.544. The van der Waals surface area contributed by atoms with Crippen LogP contribution in [0.3, 0.4) is 0 Å². The number of carbonyl (C=O) groups is 1. The Morgan fingerprint density at radius 2 is 2.36 bits per heavy atom. The lowest BCUT2D eigenvalue weighted by molar-refractivity contribution is -0.127. The van der Waals surface area contributed by atoms with E-state index in [1.165, 1.54) is 19.3 Å². The van der Waals surface area contributed by atoms with Gasteiger partial charge in [-0.1, -0.05) is 19.8 Å². The number of amides is 1. The SMILES string of the molecule is CCCCC1CCC(=O)N1C. The molecule has 0 bridgehead atoms. The van der Waals surface area contributed by atoms with Crippen LogP contribution in [0.25, 0.3) is 0 Å². The molecule has 1 heterocycles. The molecule has 64 valence electrons. The lowest BCUT2D eigenvalue weighted by Crippen LogP contribution is -2.28. The van der Waals surface area contributed by atoms with Crippen LogP contribution >= 0.6 is 0 Å².